The molecule has 2 unspecified atom stereocenters. The minimum atomic E-state index is -1.34. The number of halogens is 1. The van der Waals surface area contributed by atoms with E-state index in [1.165, 1.54) is 6.21 Å². The Morgan fingerprint density at radius 3 is 2.80 bits per heavy atom. The molecule has 1 aliphatic rings. The Morgan fingerprint density at radius 1 is 1.40 bits per heavy atom. The maximum absolute atomic E-state index is 11.7. The molecule has 3 rings (SSSR count). The number of hydrogen-bond acceptors (Lipinski definition) is 4. The van der Waals surface area contributed by atoms with E-state index < -0.39 is 17.6 Å². The third-order valence-electron chi connectivity index (χ3n) is 4.43. The number of hydrogen-bond donors (Lipinski definition) is 3. The fraction of sp³-hybridized carbons (Fsp3) is 0.222. The highest BCUT2D eigenvalue weighted by Gasteiger charge is 2.45. The zero-order valence-corrected chi connectivity index (χ0v) is 14.4. The summed E-state index contributed by atoms with van der Waals surface area (Å²) >= 11 is 6.20. The van der Waals surface area contributed by atoms with Crippen molar-refractivity contribution in [2.45, 2.75) is 5.60 Å². The van der Waals surface area contributed by atoms with Gasteiger partial charge in [-0.05, 0) is 23.8 Å². The molecule has 2 amide bonds. The van der Waals surface area contributed by atoms with Crippen LogP contribution in [0.2, 0.25) is 5.02 Å². The number of urea groups is 1. The van der Waals surface area contributed by atoms with Crippen LogP contribution in [0.15, 0.2) is 53.6 Å². The lowest BCUT2D eigenvalue weighted by atomic mass is 9.73. The number of anilines is 1. The van der Waals surface area contributed by atoms with Crippen LogP contribution in [0.25, 0.3) is 0 Å². The molecule has 6 nitrogen and oxygen atoms in total. The largest absolute Gasteiger partial charge is 0.380 e. The maximum Gasteiger partial charge on any atom is 0.332 e. The van der Waals surface area contributed by atoms with Gasteiger partial charge < -0.3 is 15.7 Å². The molecule has 0 aromatic heterocycles. The van der Waals surface area contributed by atoms with Gasteiger partial charge in [0.05, 0.1) is 5.92 Å². The summed E-state index contributed by atoms with van der Waals surface area (Å²) < 4.78 is 0. The second kappa shape index (κ2) is 6.74. The number of nitrogens with two attached hydrogens (primary N) is 1. The number of fused-ring (bicyclic) bond motifs is 1. The van der Waals surface area contributed by atoms with E-state index in [2.05, 4.69) is 10.5 Å². The van der Waals surface area contributed by atoms with E-state index in [-0.39, 0.29) is 0 Å². The van der Waals surface area contributed by atoms with Crippen LogP contribution in [0.1, 0.15) is 11.1 Å². The fourth-order valence-electron chi connectivity index (χ4n) is 3.28. The zero-order valence-electron chi connectivity index (χ0n) is 13.7. The Hall–Kier alpha value is -2.57. The normalized spacial score (nSPS) is 22.7. The first-order valence-corrected chi connectivity index (χ1v) is 8.18. The molecule has 0 spiro atoms. The zero-order chi connectivity index (χ0) is 18.0. The molecule has 7 heteroatoms. The monoisotopic (exact) mass is 358 g/mol. The number of benzene rings is 2. The van der Waals surface area contributed by atoms with E-state index in [9.17, 15) is 9.90 Å². The minimum absolute atomic E-state index is 0.419. The topological polar surface area (TPSA) is 91.0 Å². The van der Waals surface area contributed by atoms with Gasteiger partial charge in [-0.25, -0.2) is 10.2 Å². The van der Waals surface area contributed by atoms with Crippen molar-refractivity contribution in [1.82, 2.24) is 5.43 Å². The Balaban J connectivity index is 2.15. The van der Waals surface area contributed by atoms with Gasteiger partial charge in [0.25, 0.3) is 0 Å². The van der Waals surface area contributed by atoms with Gasteiger partial charge in [0.1, 0.15) is 5.60 Å². The molecule has 0 saturated heterocycles. The molecule has 2 atom stereocenters. The van der Waals surface area contributed by atoms with Gasteiger partial charge in [-0.2, -0.15) is 5.10 Å². The first kappa shape index (κ1) is 17.3. The van der Waals surface area contributed by atoms with Crippen LogP contribution in [-0.4, -0.2) is 30.9 Å². The summed E-state index contributed by atoms with van der Waals surface area (Å²) in [5.74, 6) is -0.419. The first-order chi connectivity index (χ1) is 11.9. The lowest BCUT2D eigenvalue weighted by molar-refractivity contribution is 0.0439. The van der Waals surface area contributed by atoms with Crippen molar-refractivity contribution in [2.75, 3.05) is 18.5 Å². The van der Waals surface area contributed by atoms with Gasteiger partial charge in [0.15, 0.2) is 0 Å². The number of carbonyl (C=O) groups is 1. The highest BCUT2D eigenvalue weighted by atomic mass is 35.5. The van der Waals surface area contributed by atoms with Gasteiger partial charge in [0.2, 0.25) is 0 Å². The predicted molar refractivity (Wildman–Crippen MR) is 98.9 cm³/mol. The number of nitrogens with one attached hydrogen (secondary N) is 1. The van der Waals surface area contributed by atoms with E-state index in [0.29, 0.717) is 17.1 Å². The van der Waals surface area contributed by atoms with Gasteiger partial charge in [-0.3, -0.25) is 0 Å². The second-order valence-corrected chi connectivity index (χ2v) is 6.47. The maximum atomic E-state index is 11.7. The molecular weight excluding hydrogens is 340 g/mol. The molecule has 4 N–H and O–H groups in total. The first-order valence-electron chi connectivity index (χ1n) is 7.80. The molecule has 130 valence electrons. The number of nitrogens with zero attached hydrogens (tertiary/aromatic N) is 2. The Morgan fingerprint density at radius 2 is 2.12 bits per heavy atom. The standard InChI is InChI=1S/C18H19ClN4O2/c1-23-11-13(10-21-22-17(20)24)18(25,12-5-3-2-4-6-12)15-9-14(19)7-8-16(15)23/h2-10,13,25H,11H2,1H3,(H3,20,22,24)/b21-10+. The average Bonchev–Trinajstić information content (AvgIpc) is 2.59. The number of hydrazone groups is 1. The summed E-state index contributed by atoms with van der Waals surface area (Å²) in [5.41, 5.74) is 8.21. The van der Waals surface area contributed by atoms with Crippen molar-refractivity contribution in [1.29, 1.82) is 0 Å². The molecule has 0 bridgehead atoms. The molecule has 2 aromatic rings. The molecule has 1 aliphatic heterocycles. The molecule has 2 aromatic carbocycles. The molecule has 0 radical (unpaired) electrons. The number of primary amides is 1. The van der Waals surface area contributed by atoms with Crippen LogP contribution in [0.4, 0.5) is 10.5 Å². The second-order valence-electron chi connectivity index (χ2n) is 6.04. The molecule has 0 aliphatic carbocycles. The summed E-state index contributed by atoms with van der Waals surface area (Å²) in [6.07, 6.45) is 1.51. The van der Waals surface area contributed by atoms with Gasteiger partial charge in [-0.1, -0.05) is 41.9 Å². The molecule has 0 saturated carbocycles. The van der Waals surface area contributed by atoms with Crippen LogP contribution in [-0.2, 0) is 5.60 Å². The van der Waals surface area contributed by atoms with Crippen molar-refractivity contribution in [3.63, 3.8) is 0 Å². The highest BCUT2D eigenvalue weighted by Crippen LogP contribution is 2.45. The lowest BCUT2D eigenvalue weighted by Crippen LogP contribution is -2.48. The molecule has 25 heavy (non-hydrogen) atoms. The van der Waals surface area contributed by atoms with Crippen molar-refractivity contribution >= 4 is 29.5 Å². The van der Waals surface area contributed by atoms with E-state index in [4.69, 9.17) is 17.3 Å². The fourth-order valence-corrected chi connectivity index (χ4v) is 3.45. The number of rotatable bonds is 3. The van der Waals surface area contributed by atoms with E-state index in [1.807, 2.05) is 48.3 Å². The van der Waals surface area contributed by atoms with Crippen LogP contribution < -0.4 is 16.1 Å². The molecule has 1 heterocycles. The SMILES string of the molecule is CN1CC(/C=N/NC(N)=O)C(O)(c2ccccc2)c2cc(Cl)ccc21. The number of aliphatic hydroxyl groups is 1. The van der Waals surface area contributed by atoms with Crippen molar-refractivity contribution in [3.05, 3.63) is 64.7 Å². The number of carbonyl (C=O) groups excluding carboxylic acids is 1. The summed E-state index contributed by atoms with van der Waals surface area (Å²) in [4.78, 5) is 12.9. The van der Waals surface area contributed by atoms with Gasteiger partial charge in [-0.15, -0.1) is 0 Å². The third-order valence-corrected chi connectivity index (χ3v) is 4.67. The van der Waals surface area contributed by atoms with Gasteiger partial charge in [0, 0.05) is 36.1 Å². The summed E-state index contributed by atoms with van der Waals surface area (Å²) in [6, 6.07) is 14.0. The predicted octanol–water partition coefficient (Wildman–Crippen LogP) is 2.30. The smallest absolute Gasteiger partial charge is 0.332 e. The van der Waals surface area contributed by atoms with Crippen molar-refractivity contribution in [3.8, 4) is 0 Å². The third kappa shape index (κ3) is 3.18. The quantitative estimate of drug-likeness (QED) is 0.580. The Labute approximate surface area is 150 Å². The average molecular weight is 359 g/mol. The van der Waals surface area contributed by atoms with Crippen LogP contribution in [0.5, 0.6) is 0 Å². The summed E-state index contributed by atoms with van der Waals surface area (Å²) in [7, 11) is 1.93. The van der Waals surface area contributed by atoms with Gasteiger partial charge >= 0.3 is 6.03 Å². The van der Waals surface area contributed by atoms with Crippen LogP contribution in [0.3, 0.4) is 0 Å². The van der Waals surface area contributed by atoms with Crippen LogP contribution in [0, 0.1) is 5.92 Å². The van der Waals surface area contributed by atoms with E-state index in [1.54, 1.807) is 12.1 Å². The summed E-state index contributed by atoms with van der Waals surface area (Å²) in [6.45, 7) is 0.504. The Kier molecular flexibility index (Phi) is 4.65. The van der Waals surface area contributed by atoms with Crippen molar-refractivity contribution < 1.29 is 9.90 Å². The highest BCUT2D eigenvalue weighted by molar-refractivity contribution is 6.30. The molecular formula is C18H19ClN4O2. The van der Waals surface area contributed by atoms with E-state index >= 15 is 0 Å². The van der Waals surface area contributed by atoms with E-state index in [0.717, 1.165) is 11.3 Å². The molecule has 0 fully saturated rings. The van der Waals surface area contributed by atoms with Crippen molar-refractivity contribution in [2.24, 2.45) is 16.8 Å². The lowest BCUT2D eigenvalue weighted by Gasteiger charge is -2.44. The number of amides is 2. The summed E-state index contributed by atoms with van der Waals surface area (Å²) in [5, 5.41) is 16.2. The minimum Gasteiger partial charge on any atom is -0.380 e. The van der Waals surface area contributed by atoms with Crippen LogP contribution >= 0.6 is 11.6 Å². The Bertz CT molecular complexity index is 812.